The van der Waals surface area contributed by atoms with Crippen LogP contribution in [0.3, 0.4) is 0 Å². The van der Waals surface area contributed by atoms with Crippen LogP contribution in [-0.2, 0) is 4.74 Å². The van der Waals surface area contributed by atoms with Crippen molar-refractivity contribution in [3.8, 4) is 0 Å². The lowest BCUT2D eigenvalue weighted by molar-refractivity contribution is 0.195. The Morgan fingerprint density at radius 1 is 1.40 bits per heavy atom. The van der Waals surface area contributed by atoms with Crippen LogP contribution in [-0.4, -0.2) is 43.4 Å². The van der Waals surface area contributed by atoms with Crippen molar-refractivity contribution in [2.45, 2.75) is 39.2 Å². The summed E-state index contributed by atoms with van der Waals surface area (Å²) in [5.41, 5.74) is 0. The molecule has 0 saturated heterocycles. The highest BCUT2D eigenvalue weighted by Gasteiger charge is 2.12. The molecule has 4 heteroatoms. The Labute approximate surface area is 99.2 Å². The first-order chi connectivity index (χ1) is 7.17. The molecule has 0 aromatic rings. The smallest absolute Gasteiger partial charge is 0.168 e. The molecule has 0 aliphatic rings. The van der Waals surface area contributed by atoms with Gasteiger partial charge < -0.3 is 15.0 Å². The van der Waals surface area contributed by atoms with Gasteiger partial charge in [-0.3, -0.25) is 0 Å². The van der Waals surface area contributed by atoms with E-state index in [0.717, 1.165) is 37.5 Å². The highest BCUT2D eigenvalue weighted by molar-refractivity contribution is 7.80. The zero-order valence-corrected chi connectivity index (χ0v) is 11.2. The molecule has 0 radical (unpaired) electrons. The molecule has 0 amide bonds. The third kappa shape index (κ3) is 5.95. The Morgan fingerprint density at radius 2 is 2.00 bits per heavy atom. The molecule has 0 fully saturated rings. The van der Waals surface area contributed by atoms with Crippen LogP contribution in [0.2, 0.25) is 0 Å². The largest absolute Gasteiger partial charge is 0.385 e. The molecule has 0 aliphatic carbocycles. The quantitative estimate of drug-likeness (QED) is 0.536. The summed E-state index contributed by atoms with van der Waals surface area (Å²) >= 11 is 5.31. The van der Waals surface area contributed by atoms with Gasteiger partial charge in [0.05, 0.1) is 0 Å². The van der Waals surface area contributed by atoms with Gasteiger partial charge >= 0.3 is 0 Å². The zero-order chi connectivity index (χ0) is 11.7. The van der Waals surface area contributed by atoms with Gasteiger partial charge in [-0.05, 0) is 31.5 Å². The van der Waals surface area contributed by atoms with Crippen LogP contribution in [0.15, 0.2) is 0 Å². The minimum absolute atomic E-state index is 0.549. The number of hydrogen-bond donors (Lipinski definition) is 1. The molecule has 0 spiro atoms. The third-order valence-electron chi connectivity index (χ3n) is 2.61. The van der Waals surface area contributed by atoms with Crippen molar-refractivity contribution >= 4 is 17.3 Å². The molecular weight excluding hydrogens is 208 g/mol. The van der Waals surface area contributed by atoms with Crippen molar-refractivity contribution < 1.29 is 4.74 Å². The number of hydrogen-bond acceptors (Lipinski definition) is 2. The molecule has 0 saturated carbocycles. The van der Waals surface area contributed by atoms with Crippen LogP contribution >= 0.6 is 12.2 Å². The molecule has 0 aromatic carbocycles. The van der Waals surface area contributed by atoms with E-state index in [1.54, 1.807) is 7.11 Å². The van der Waals surface area contributed by atoms with Crippen molar-refractivity contribution in [2.24, 2.45) is 0 Å². The minimum atomic E-state index is 0.549. The predicted octanol–water partition coefficient (Wildman–Crippen LogP) is 2.02. The first-order valence-electron chi connectivity index (χ1n) is 5.66. The van der Waals surface area contributed by atoms with Crippen LogP contribution in [0.4, 0.5) is 0 Å². The standard InChI is InChI=1S/C11H24N2OS/c1-5-10(6-2)13(3)11(15)12-8-7-9-14-4/h10H,5-9H2,1-4H3,(H,12,15). The number of nitrogens with zero attached hydrogens (tertiary/aromatic N) is 1. The Kier molecular flexibility index (Phi) is 8.71. The van der Waals surface area contributed by atoms with Crippen LogP contribution in [0, 0.1) is 0 Å². The fraction of sp³-hybridized carbons (Fsp3) is 0.909. The lowest BCUT2D eigenvalue weighted by Crippen LogP contribution is -2.43. The van der Waals surface area contributed by atoms with Gasteiger partial charge in [0, 0.05) is 33.4 Å². The van der Waals surface area contributed by atoms with Crippen molar-refractivity contribution in [1.82, 2.24) is 10.2 Å². The lowest BCUT2D eigenvalue weighted by atomic mass is 10.1. The summed E-state index contributed by atoms with van der Waals surface area (Å²) in [5.74, 6) is 0. The first-order valence-corrected chi connectivity index (χ1v) is 6.07. The van der Waals surface area contributed by atoms with Crippen LogP contribution in [0.1, 0.15) is 33.1 Å². The normalized spacial score (nSPS) is 10.5. The Balaban J connectivity index is 3.77. The monoisotopic (exact) mass is 232 g/mol. The van der Waals surface area contributed by atoms with E-state index in [1.807, 2.05) is 0 Å². The molecule has 15 heavy (non-hydrogen) atoms. The fourth-order valence-electron chi connectivity index (χ4n) is 1.54. The molecule has 0 unspecified atom stereocenters. The van der Waals surface area contributed by atoms with E-state index in [0.29, 0.717) is 6.04 Å². The Hall–Kier alpha value is -0.350. The summed E-state index contributed by atoms with van der Waals surface area (Å²) in [6, 6.07) is 0.549. The van der Waals surface area contributed by atoms with E-state index in [9.17, 15) is 0 Å². The molecule has 0 bridgehead atoms. The number of thiocarbonyl (C=S) groups is 1. The van der Waals surface area contributed by atoms with E-state index < -0.39 is 0 Å². The number of ether oxygens (including phenoxy) is 1. The van der Waals surface area contributed by atoms with Crippen molar-refractivity contribution in [3.05, 3.63) is 0 Å². The molecule has 1 N–H and O–H groups in total. The predicted molar refractivity (Wildman–Crippen MR) is 69.2 cm³/mol. The average Bonchev–Trinajstić information content (AvgIpc) is 2.25. The first kappa shape index (κ1) is 14.6. The van der Waals surface area contributed by atoms with E-state index in [4.69, 9.17) is 17.0 Å². The maximum Gasteiger partial charge on any atom is 0.168 e. The third-order valence-corrected chi connectivity index (χ3v) is 3.04. The van der Waals surface area contributed by atoms with Crippen LogP contribution < -0.4 is 5.32 Å². The summed E-state index contributed by atoms with van der Waals surface area (Å²) in [7, 11) is 3.78. The molecular formula is C11H24N2OS. The maximum absolute atomic E-state index is 5.31. The maximum atomic E-state index is 5.31. The van der Waals surface area contributed by atoms with Crippen molar-refractivity contribution in [1.29, 1.82) is 0 Å². The van der Waals surface area contributed by atoms with Gasteiger partial charge in [-0.1, -0.05) is 13.8 Å². The van der Waals surface area contributed by atoms with Gasteiger partial charge in [0.2, 0.25) is 0 Å². The van der Waals surface area contributed by atoms with Crippen molar-refractivity contribution in [2.75, 3.05) is 27.3 Å². The molecule has 0 aromatic heterocycles. The second-order valence-corrected chi connectivity index (χ2v) is 4.05. The zero-order valence-electron chi connectivity index (χ0n) is 10.4. The highest BCUT2D eigenvalue weighted by Crippen LogP contribution is 2.05. The van der Waals surface area contributed by atoms with Gasteiger partial charge in [0.1, 0.15) is 0 Å². The summed E-state index contributed by atoms with van der Waals surface area (Å²) in [4.78, 5) is 2.15. The number of methoxy groups -OCH3 is 1. The SMILES string of the molecule is CCC(CC)N(C)C(=S)NCCCOC. The highest BCUT2D eigenvalue weighted by atomic mass is 32.1. The van der Waals surface area contributed by atoms with Crippen LogP contribution in [0.25, 0.3) is 0 Å². The molecule has 0 heterocycles. The van der Waals surface area contributed by atoms with Gasteiger partial charge in [-0.15, -0.1) is 0 Å². The molecule has 0 atom stereocenters. The fourth-order valence-corrected chi connectivity index (χ4v) is 1.79. The minimum Gasteiger partial charge on any atom is -0.385 e. The molecule has 0 rings (SSSR count). The van der Waals surface area contributed by atoms with Gasteiger partial charge in [-0.2, -0.15) is 0 Å². The van der Waals surface area contributed by atoms with E-state index in [1.165, 1.54) is 0 Å². The average molecular weight is 232 g/mol. The Morgan fingerprint density at radius 3 is 2.47 bits per heavy atom. The van der Waals surface area contributed by atoms with E-state index in [-0.39, 0.29) is 0 Å². The second-order valence-electron chi connectivity index (χ2n) is 3.66. The Bertz CT molecular complexity index is 172. The van der Waals surface area contributed by atoms with E-state index in [2.05, 4.69) is 31.1 Å². The van der Waals surface area contributed by atoms with Crippen molar-refractivity contribution in [3.63, 3.8) is 0 Å². The second kappa shape index (κ2) is 8.92. The molecule has 90 valence electrons. The van der Waals surface area contributed by atoms with Gasteiger partial charge in [0.15, 0.2) is 5.11 Å². The molecule has 3 nitrogen and oxygen atoms in total. The summed E-state index contributed by atoms with van der Waals surface area (Å²) < 4.78 is 4.98. The van der Waals surface area contributed by atoms with Gasteiger partial charge in [-0.25, -0.2) is 0 Å². The topological polar surface area (TPSA) is 24.5 Å². The van der Waals surface area contributed by atoms with E-state index >= 15 is 0 Å². The van der Waals surface area contributed by atoms with Crippen LogP contribution in [0.5, 0.6) is 0 Å². The summed E-state index contributed by atoms with van der Waals surface area (Å²) in [6.07, 6.45) is 3.26. The van der Waals surface area contributed by atoms with Gasteiger partial charge in [0.25, 0.3) is 0 Å². The number of rotatable bonds is 7. The number of nitrogens with one attached hydrogen (secondary N) is 1. The summed E-state index contributed by atoms with van der Waals surface area (Å²) in [6.45, 7) is 6.05. The summed E-state index contributed by atoms with van der Waals surface area (Å²) in [5, 5.41) is 4.09. The lowest BCUT2D eigenvalue weighted by Gasteiger charge is -2.29. The molecule has 0 aliphatic heterocycles.